The van der Waals surface area contributed by atoms with Crippen LogP contribution in [0.1, 0.15) is 11.1 Å². The average molecular weight is 344 g/mol. The Labute approximate surface area is 125 Å². The molecule has 0 heterocycles. The molecule has 0 spiro atoms. The zero-order chi connectivity index (χ0) is 13.8. The first-order chi connectivity index (χ1) is 9.06. The van der Waals surface area contributed by atoms with E-state index in [1.807, 2.05) is 24.3 Å². The predicted octanol–water partition coefficient (Wildman–Crippen LogP) is 4.39. The summed E-state index contributed by atoms with van der Waals surface area (Å²) in [7, 11) is 0. The van der Waals surface area contributed by atoms with Gasteiger partial charge in [0.15, 0.2) is 0 Å². The van der Waals surface area contributed by atoms with Gasteiger partial charge in [0.25, 0.3) is 0 Å². The number of rotatable bonds is 4. The summed E-state index contributed by atoms with van der Waals surface area (Å²) in [6, 6.07) is 12.4. The SMILES string of the molecule is OC(Cc1cccc(Br)c1)Cc1cccc(F)c1Cl. The molecule has 2 aromatic rings. The van der Waals surface area contributed by atoms with Crippen LogP contribution in [0.5, 0.6) is 0 Å². The number of halogens is 3. The van der Waals surface area contributed by atoms with Crippen molar-refractivity contribution in [2.45, 2.75) is 18.9 Å². The summed E-state index contributed by atoms with van der Waals surface area (Å²) in [6.07, 6.45) is 0.253. The number of aliphatic hydroxyl groups excluding tert-OH is 1. The molecule has 0 saturated carbocycles. The Hall–Kier alpha value is -0.900. The van der Waals surface area contributed by atoms with E-state index in [0.717, 1.165) is 10.0 Å². The molecule has 19 heavy (non-hydrogen) atoms. The summed E-state index contributed by atoms with van der Waals surface area (Å²) < 4.78 is 14.3. The van der Waals surface area contributed by atoms with E-state index in [1.165, 1.54) is 6.07 Å². The molecule has 0 amide bonds. The molecule has 0 saturated heterocycles. The van der Waals surface area contributed by atoms with Gasteiger partial charge in [0.2, 0.25) is 0 Å². The first-order valence-electron chi connectivity index (χ1n) is 5.91. The van der Waals surface area contributed by atoms with Gasteiger partial charge in [-0.2, -0.15) is 0 Å². The average Bonchev–Trinajstić information content (AvgIpc) is 2.35. The van der Waals surface area contributed by atoms with Crippen molar-refractivity contribution in [2.75, 3.05) is 0 Å². The number of hydrogen-bond donors (Lipinski definition) is 1. The normalized spacial score (nSPS) is 12.4. The molecule has 2 rings (SSSR count). The van der Waals surface area contributed by atoms with Crippen LogP contribution in [0.3, 0.4) is 0 Å². The summed E-state index contributed by atoms with van der Waals surface area (Å²) in [4.78, 5) is 0. The van der Waals surface area contributed by atoms with Gasteiger partial charge in [-0.05, 0) is 35.7 Å². The third-order valence-corrected chi connectivity index (χ3v) is 3.76. The van der Waals surface area contributed by atoms with Crippen molar-refractivity contribution in [2.24, 2.45) is 0 Å². The highest BCUT2D eigenvalue weighted by Gasteiger charge is 2.12. The molecule has 100 valence electrons. The fourth-order valence-electron chi connectivity index (χ4n) is 1.97. The maximum atomic E-state index is 13.3. The molecule has 0 aromatic heterocycles. The van der Waals surface area contributed by atoms with Crippen molar-refractivity contribution in [3.63, 3.8) is 0 Å². The molecule has 0 radical (unpaired) electrons. The Bertz CT molecular complexity index is 574. The number of aliphatic hydroxyl groups is 1. The van der Waals surface area contributed by atoms with E-state index in [4.69, 9.17) is 11.6 Å². The number of benzene rings is 2. The maximum absolute atomic E-state index is 13.3. The molecular weight excluding hydrogens is 331 g/mol. The van der Waals surface area contributed by atoms with Crippen LogP contribution in [-0.2, 0) is 12.8 Å². The van der Waals surface area contributed by atoms with E-state index in [1.54, 1.807) is 12.1 Å². The highest BCUT2D eigenvalue weighted by Crippen LogP contribution is 2.22. The van der Waals surface area contributed by atoms with Gasteiger partial charge in [-0.1, -0.05) is 51.8 Å². The lowest BCUT2D eigenvalue weighted by Crippen LogP contribution is -2.14. The third kappa shape index (κ3) is 4.03. The molecule has 0 aliphatic rings. The molecular formula is C15H13BrClFO. The zero-order valence-corrected chi connectivity index (χ0v) is 12.5. The Kier molecular flexibility index (Phi) is 4.97. The van der Waals surface area contributed by atoms with Crippen molar-refractivity contribution in [3.8, 4) is 0 Å². The fourth-order valence-corrected chi connectivity index (χ4v) is 2.62. The molecule has 1 unspecified atom stereocenters. The van der Waals surface area contributed by atoms with E-state index in [-0.39, 0.29) is 5.02 Å². The van der Waals surface area contributed by atoms with Gasteiger partial charge in [-0.15, -0.1) is 0 Å². The van der Waals surface area contributed by atoms with Crippen molar-refractivity contribution in [3.05, 3.63) is 68.9 Å². The van der Waals surface area contributed by atoms with E-state index in [9.17, 15) is 9.50 Å². The monoisotopic (exact) mass is 342 g/mol. The van der Waals surface area contributed by atoms with Crippen molar-refractivity contribution >= 4 is 27.5 Å². The van der Waals surface area contributed by atoms with Crippen LogP contribution in [0.25, 0.3) is 0 Å². The highest BCUT2D eigenvalue weighted by atomic mass is 79.9. The Morgan fingerprint density at radius 3 is 2.63 bits per heavy atom. The van der Waals surface area contributed by atoms with Crippen LogP contribution < -0.4 is 0 Å². The summed E-state index contributed by atoms with van der Waals surface area (Å²) >= 11 is 9.26. The molecule has 0 aliphatic carbocycles. The standard InChI is InChI=1S/C15H13BrClFO/c16-12-5-1-3-10(7-12)8-13(19)9-11-4-2-6-14(18)15(11)17/h1-7,13,19H,8-9H2. The van der Waals surface area contributed by atoms with Gasteiger partial charge < -0.3 is 5.11 Å². The first-order valence-corrected chi connectivity index (χ1v) is 7.09. The van der Waals surface area contributed by atoms with Crippen molar-refractivity contribution < 1.29 is 9.50 Å². The fraction of sp³-hybridized carbons (Fsp3) is 0.200. The molecule has 0 fully saturated rings. The molecule has 2 aromatic carbocycles. The minimum Gasteiger partial charge on any atom is -0.392 e. The molecule has 1 nitrogen and oxygen atoms in total. The Morgan fingerprint density at radius 2 is 1.89 bits per heavy atom. The Balaban J connectivity index is 2.05. The summed E-state index contributed by atoms with van der Waals surface area (Å²) in [5, 5.41) is 10.2. The van der Waals surface area contributed by atoms with E-state index >= 15 is 0 Å². The minimum absolute atomic E-state index is 0.0933. The lowest BCUT2D eigenvalue weighted by Gasteiger charge is -2.12. The highest BCUT2D eigenvalue weighted by molar-refractivity contribution is 9.10. The van der Waals surface area contributed by atoms with Gasteiger partial charge in [-0.25, -0.2) is 4.39 Å². The molecule has 1 N–H and O–H groups in total. The number of hydrogen-bond acceptors (Lipinski definition) is 1. The molecule has 0 bridgehead atoms. The van der Waals surface area contributed by atoms with Crippen LogP contribution >= 0.6 is 27.5 Å². The van der Waals surface area contributed by atoms with E-state index in [0.29, 0.717) is 18.4 Å². The van der Waals surface area contributed by atoms with Crippen molar-refractivity contribution in [1.29, 1.82) is 0 Å². The van der Waals surface area contributed by atoms with Crippen LogP contribution in [0, 0.1) is 5.82 Å². The quantitative estimate of drug-likeness (QED) is 0.873. The van der Waals surface area contributed by atoms with Gasteiger partial charge >= 0.3 is 0 Å². The minimum atomic E-state index is -0.589. The van der Waals surface area contributed by atoms with E-state index < -0.39 is 11.9 Å². The van der Waals surface area contributed by atoms with Crippen LogP contribution in [0.2, 0.25) is 5.02 Å². The van der Waals surface area contributed by atoms with E-state index in [2.05, 4.69) is 15.9 Å². The van der Waals surface area contributed by atoms with Crippen LogP contribution in [0.4, 0.5) is 4.39 Å². The first kappa shape index (κ1) is 14.5. The van der Waals surface area contributed by atoms with Gasteiger partial charge in [0.05, 0.1) is 11.1 Å². The van der Waals surface area contributed by atoms with Gasteiger partial charge in [0, 0.05) is 10.9 Å². The lowest BCUT2D eigenvalue weighted by molar-refractivity contribution is 0.175. The molecule has 1 atom stereocenters. The Morgan fingerprint density at radius 1 is 1.16 bits per heavy atom. The van der Waals surface area contributed by atoms with Gasteiger partial charge in [-0.3, -0.25) is 0 Å². The summed E-state index contributed by atoms with van der Waals surface area (Å²) in [5.41, 5.74) is 1.65. The topological polar surface area (TPSA) is 20.2 Å². The smallest absolute Gasteiger partial charge is 0.142 e. The molecule has 4 heteroatoms. The van der Waals surface area contributed by atoms with Crippen molar-refractivity contribution in [1.82, 2.24) is 0 Å². The van der Waals surface area contributed by atoms with Crippen LogP contribution in [0.15, 0.2) is 46.9 Å². The summed E-state index contributed by atoms with van der Waals surface area (Å²) in [6.45, 7) is 0. The zero-order valence-electron chi connectivity index (χ0n) is 10.1. The maximum Gasteiger partial charge on any atom is 0.142 e. The summed E-state index contributed by atoms with van der Waals surface area (Å²) in [5.74, 6) is -0.450. The largest absolute Gasteiger partial charge is 0.392 e. The third-order valence-electron chi connectivity index (χ3n) is 2.85. The van der Waals surface area contributed by atoms with Gasteiger partial charge in [0.1, 0.15) is 5.82 Å². The second kappa shape index (κ2) is 6.51. The predicted molar refractivity (Wildman–Crippen MR) is 79.0 cm³/mol. The lowest BCUT2D eigenvalue weighted by atomic mass is 10.0. The molecule has 0 aliphatic heterocycles. The van der Waals surface area contributed by atoms with Crippen LogP contribution in [-0.4, -0.2) is 11.2 Å². The second-order valence-electron chi connectivity index (χ2n) is 4.40. The second-order valence-corrected chi connectivity index (χ2v) is 5.70.